The molecule has 0 aliphatic rings. The maximum absolute atomic E-state index is 12.7. The Morgan fingerprint density at radius 2 is 1.17 bits per heavy atom. The average molecular weight is 490 g/mol. The molecule has 0 unspecified atom stereocenters. The third-order valence-electron chi connectivity index (χ3n) is 5.68. The number of amides is 2. The van der Waals surface area contributed by atoms with Crippen LogP contribution in [0.25, 0.3) is 0 Å². The van der Waals surface area contributed by atoms with Crippen LogP contribution in [0, 0.1) is 0 Å². The van der Waals surface area contributed by atoms with Gasteiger partial charge < -0.3 is 32.6 Å². The molecule has 3 aromatic carbocycles. The molecule has 0 aromatic heterocycles. The first-order valence-electron chi connectivity index (χ1n) is 12.1. The molecule has 2 amide bonds. The monoisotopic (exact) mass is 489 g/mol. The van der Waals surface area contributed by atoms with Crippen molar-refractivity contribution in [1.82, 2.24) is 0 Å². The lowest BCUT2D eigenvalue weighted by Crippen LogP contribution is -2.36. The average Bonchev–Trinajstić information content (AvgIpc) is 2.90. The number of aryl methyl sites for hydroxylation is 2. The molecule has 8 N–H and O–H groups in total. The normalized spacial score (nSPS) is 12.4. The Labute approximate surface area is 212 Å². The summed E-state index contributed by atoms with van der Waals surface area (Å²) in [6.45, 7) is 0.616. The number of hydrogen-bond donors (Lipinski definition) is 5. The second-order valence-corrected chi connectivity index (χ2v) is 8.62. The second kappa shape index (κ2) is 14.0. The Kier molecular flexibility index (Phi) is 10.4. The lowest BCUT2D eigenvalue weighted by molar-refractivity contribution is -0.118. The van der Waals surface area contributed by atoms with E-state index in [1.54, 1.807) is 18.2 Å². The Balaban J connectivity index is 1.62. The lowest BCUT2D eigenvalue weighted by Gasteiger charge is -2.16. The maximum atomic E-state index is 12.7. The molecule has 0 saturated heterocycles. The Bertz CT molecular complexity index is 1030. The summed E-state index contributed by atoms with van der Waals surface area (Å²) in [5.74, 6) is -0.179. The summed E-state index contributed by atoms with van der Waals surface area (Å²) in [4.78, 5) is 25.4. The first kappa shape index (κ1) is 26.9. The number of carbonyl (C=O) groups excluding carboxylic acids is 2. The van der Waals surface area contributed by atoms with Crippen molar-refractivity contribution >= 4 is 23.2 Å². The van der Waals surface area contributed by atoms with Crippen LogP contribution in [-0.2, 0) is 22.4 Å². The molecule has 36 heavy (non-hydrogen) atoms. The molecule has 0 heterocycles. The van der Waals surface area contributed by atoms with Crippen LogP contribution in [0.1, 0.15) is 24.0 Å². The van der Waals surface area contributed by atoms with Gasteiger partial charge in [-0.05, 0) is 42.9 Å². The number of hydrogen-bond acceptors (Lipinski definition) is 6. The topological polar surface area (TPSA) is 145 Å². The summed E-state index contributed by atoms with van der Waals surface area (Å²) in [5, 5.41) is 5.65. The van der Waals surface area contributed by atoms with E-state index < -0.39 is 12.1 Å². The highest BCUT2D eigenvalue weighted by Crippen LogP contribution is 2.25. The van der Waals surface area contributed by atoms with Crippen molar-refractivity contribution in [2.45, 2.75) is 37.8 Å². The first-order chi connectivity index (χ1) is 17.4. The lowest BCUT2D eigenvalue weighted by atomic mass is 10.0. The number of nitrogens with two attached hydrogens (primary N) is 3. The minimum atomic E-state index is -0.691. The second-order valence-electron chi connectivity index (χ2n) is 8.62. The van der Waals surface area contributed by atoms with Crippen LogP contribution in [0.2, 0.25) is 0 Å². The van der Waals surface area contributed by atoms with Gasteiger partial charge in [0.15, 0.2) is 0 Å². The van der Waals surface area contributed by atoms with Crippen LogP contribution in [-0.4, -0.2) is 37.0 Å². The fourth-order valence-corrected chi connectivity index (χ4v) is 3.67. The summed E-state index contributed by atoms with van der Waals surface area (Å²) in [6, 6.07) is 23.3. The van der Waals surface area contributed by atoms with Crippen LogP contribution in [0.4, 0.5) is 11.4 Å². The van der Waals surface area contributed by atoms with Gasteiger partial charge in [0.25, 0.3) is 0 Å². The number of ether oxygens (including phenoxy) is 1. The molecule has 0 saturated carbocycles. The maximum Gasteiger partial charge on any atom is 0.241 e. The van der Waals surface area contributed by atoms with Crippen molar-refractivity contribution in [3.8, 4) is 5.75 Å². The molecule has 3 aromatic rings. The zero-order chi connectivity index (χ0) is 25.8. The molecule has 0 spiro atoms. The van der Waals surface area contributed by atoms with Crippen LogP contribution in [0.3, 0.4) is 0 Å². The zero-order valence-electron chi connectivity index (χ0n) is 20.4. The van der Waals surface area contributed by atoms with Gasteiger partial charge in [0.2, 0.25) is 11.8 Å². The quantitative estimate of drug-likeness (QED) is 0.250. The summed E-state index contributed by atoms with van der Waals surface area (Å²) in [7, 11) is 0. The van der Waals surface area contributed by atoms with E-state index in [0.717, 1.165) is 11.1 Å². The van der Waals surface area contributed by atoms with Gasteiger partial charge in [-0.25, -0.2) is 0 Å². The van der Waals surface area contributed by atoms with Crippen LogP contribution >= 0.6 is 0 Å². The molecule has 0 bridgehead atoms. The Hall–Kier alpha value is -3.72. The molecule has 0 fully saturated rings. The van der Waals surface area contributed by atoms with Gasteiger partial charge in [-0.15, -0.1) is 0 Å². The molecular weight excluding hydrogens is 454 g/mol. The molecule has 3 rings (SSSR count). The molecule has 8 heteroatoms. The Morgan fingerprint density at radius 3 is 1.58 bits per heavy atom. The van der Waals surface area contributed by atoms with Crippen molar-refractivity contribution in [2.24, 2.45) is 17.2 Å². The van der Waals surface area contributed by atoms with Gasteiger partial charge in [-0.1, -0.05) is 60.7 Å². The highest BCUT2D eigenvalue weighted by molar-refractivity contribution is 5.98. The van der Waals surface area contributed by atoms with Crippen LogP contribution in [0.5, 0.6) is 5.75 Å². The third kappa shape index (κ3) is 8.81. The number of rotatable bonds is 13. The summed E-state index contributed by atoms with van der Waals surface area (Å²) in [6.07, 6.45) is 2.38. The standard InChI is InChI=1S/C28H35N5O3/c29-15-16-36-24-18-22(32-27(34)25(30)13-11-20-7-3-1-4-8-20)17-23(19-24)33-28(35)26(31)14-12-21-9-5-2-6-10-21/h1-10,17-19,25-26H,11-16,29-31H2,(H,32,34)(H,33,35)/t25-,26-/m1/s1. The smallest absolute Gasteiger partial charge is 0.241 e. The van der Waals surface area contributed by atoms with E-state index in [4.69, 9.17) is 21.9 Å². The highest BCUT2D eigenvalue weighted by Gasteiger charge is 2.17. The highest BCUT2D eigenvalue weighted by atomic mass is 16.5. The zero-order valence-corrected chi connectivity index (χ0v) is 20.4. The van der Waals surface area contributed by atoms with E-state index in [9.17, 15) is 9.59 Å². The van der Waals surface area contributed by atoms with Gasteiger partial charge in [0.1, 0.15) is 12.4 Å². The molecule has 8 nitrogen and oxygen atoms in total. The van der Waals surface area contributed by atoms with Crippen molar-refractivity contribution in [1.29, 1.82) is 0 Å². The van der Waals surface area contributed by atoms with E-state index >= 15 is 0 Å². The first-order valence-corrected chi connectivity index (χ1v) is 12.1. The SMILES string of the molecule is NCCOc1cc(NC(=O)[C@H](N)CCc2ccccc2)cc(NC(=O)[C@H](N)CCc2ccccc2)c1. The van der Waals surface area contributed by atoms with Crippen molar-refractivity contribution in [3.05, 3.63) is 90.0 Å². The van der Waals surface area contributed by atoms with Gasteiger partial charge in [0.05, 0.1) is 12.1 Å². The summed E-state index contributed by atoms with van der Waals surface area (Å²) in [5.41, 5.74) is 21.0. The van der Waals surface area contributed by atoms with E-state index in [0.29, 0.717) is 49.4 Å². The fourth-order valence-electron chi connectivity index (χ4n) is 3.67. The van der Waals surface area contributed by atoms with E-state index in [-0.39, 0.29) is 18.4 Å². The predicted molar refractivity (Wildman–Crippen MR) is 144 cm³/mol. The largest absolute Gasteiger partial charge is 0.492 e. The summed E-state index contributed by atoms with van der Waals surface area (Å²) >= 11 is 0. The molecular formula is C28H35N5O3. The minimum Gasteiger partial charge on any atom is -0.492 e. The van der Waals surface area contributed by atoms with E-state index in [2.05, 4.69) is 10.6 Å². The van der Waals surface area contributed by atoms with E-state index in [1.807, 2.05) is 60.7 Å². The minimum absolute atomic E-state index is 0.290. The van der Waals surface area contributed by atoms with Gasteiger partial charge in [-0.3, -0.25) is 9.59 Å². The number of nitrogens with one attached hydrogen (secondary N) is 2. The third-order valence-corrected chi connectivity index (χ3v) is 5.68. The van der Waals surface area contributed by atoms with Gasteiger partial charge >= 0.3 is 0 Å². The van der Waals surface area contributed by atoms with Crippen LogP contribution < -0.4 is 32.6 Å². The van der Waals surface area contributed by atoms with Crippen molar-refractivity contribution in [2.75, 3.05) is 23.8 Å². The Morgan fingerprint density at radius 1 is 0.722 bits per heavy atom. The summed E-state index contributed by atoms with van der Waals surface area (Å²) < 4.78 is 5.64. The van der Waals surface area contributed by atoms with Crippen LogP contribution in [0.15, 0.2) is 78.9 Å². The number of benzene rings is 3. The molecule has 0 aliphatic heterocycles. The van der Waals surface area contributed by atoms with Crippen molar-refractivity contribution < 1.29 is 14.3 Å². The number of carbonyl (C=O) groups is 2. The fraction of sp³-hybridized carbons (Fsp3) is 0.286. The van der Waals surface area contributed by atoms with Crippen molar-refractivity contribution in [3.63, 3.8) is 0 Å². The van der Waals surface area contributed by atoms with Gasteiger partial charge in [-0.2, -0.15) is 0 Å². The molecule has 0 aliphatic carbocycles. The van der Waals surface area contributed by atoms with E-state index in [1.165, 1.54) is 0 Å². The molecule has 190 valence electrons. The van der Waals surface area contributed by atoms with Gasteiger partial charge in [0, 0.05) is 30.1 Å². The predicted octanol–water partition coefficient (Wildman–Crippen LogP) is 2.82. The molecule has 2 atom stereocenters. The number of anilines is 2. The molecule has 0 radical (unpaired) electrons.